The molecule has 2 rings (SSSR count). The highest BCUT2D eigenvalue weighted by Gasteiger charge is 2.16. The molecule has 0 unspecified atom stereocenters. The molecule has 0 aliphatic heterocycles. The number of halogens is 1. The second-order valence-corrected chi connectivity index (χ2v) is 4.15. The van der Waals surface area contributed by atoms with E-state index < -0.39 is 0 Å². The van der Waals surface area contributed by atoms with Crippen LogP contribution >= 0.6 is 0 Å². The van der Waals surface area contributed by atoms with E-state index >= 15 is 0 Å². The fourth-order valence-corrected chi connectivity index (χ4v) is 1.89. The molecular weight excluding hydrogens is 259 g/mol. The van der Waals surface area contributed by atoms with Gasteiger partial charge in [0.25, 0.3) is 0 Å². The van der Waals surface area contributed by atoms with Crippen LogP contribution in [0.5, 0.6) is 5.75 Å². The molecule has 5 nitrogen and oxygen atoms in total. The third kappa shape index (κ3) is 2.79. The lowest BCUT2D eigenvalue weighted by molar-refractivity contribution is 0.414. The lowest BCUT2D eigenvalue weighted by Crippen LogP contribution is -2.14. The molecular formula is C14H17FN4O. The van der Waals surface area contributed by atoms with Crippen molar-refractivity contribution in [3.8, 4) is 5.75 Å². The van der Waals surface area contributed by atoms with Gasteiger partial charge in [-0.1, -0.05) is 6.07 Å². The van der Waals surface area contributed by atoms with Gasteiger partial charge in [0.15, 0.2) is 11.6 Å². The second kappa shape index (κ2) is 6.18. The summed E-state index contributed by atoms with van der Waals surface area (Å²) < 4.78 is 18.7. The summed E-state index contributed by atoms with van der Waals surface area (Å²) in [7, 11) is 3.36. The number of methoxy groups -OCH3 is 1. The molecule has 6 heteroatoms. The summed E-state index contributed by atoms with van der Waals surface area (Å²) in [6.45, 7) is 2.69. The van der Waals surface area contributed by atoms with Crippen LogP contribution in [0.25, 0.3) is 0 Å². The van der Waals surface area contributed by atoms with Gasteiger partial charge >= 0.3 is 0 Å². The van der Waals surface area contributed by atoms with Crippen LogP contribution in [0.15, 0.2) is 30.6 Å². The van der Waals surface area contributed by atoms with Gasteiger partial charge in [0.05, 0.1) is 7.11 Å². The average Bonchev–Trinajstić information content (AvgIpc) is 2.46. The van der Waals surface area contributed by atoms with Crippen molar-refractivity contribution in [3.05, 3.63) is 36.4 Å². The molecule has 0 radical (unpaired) electrons. The van der Waals surface area contributed by atoms with Crippen LogP contribution < -0.4 is 15.0 Å². The maximum absolute atomic E-state index is 13.3. The zero-order valence-electron chi connectivity index (χ0n) is 11.7. The first kappa shape index (κ1) is 14.0. The van der Waals surface area contributed by atoms with E-state index in [-0.39, 0.29) is 5.82 Å². The number of nitrogens with zero attached hydrogens (tertiary/aromatic N) is 3. The fourth-order valence-electron chi connectivity index (χ4n) is 1.89. The van der Waals surface area contributed by atoms with E-state index in [2.05, 4.69) is 15.3 Å². The molecule has 0 aliphatic rings. The van der Waals surface area contributed by atoms with Gasteiger partial charge in [0.1, 0.15) is 12.1 Å². The molecule has 0 saturated carbocycles. The Labute approximate surface area is 117 Å². The van der Waals surface area contributed by atoms with Gasteiger partial charge in [-0.2, -0.15) is 0 Å². The highest BCUT2D eigenvalue weighted by molar-refractivity contribution is 5.70. The largest absolute Gasteiger partial charge is 0.490 e. The molecule has 1 aromatic carbocycles. The van der Waals surface area contributed by atoms with Crippen LogP contribution in [0.2, 0.25) is 0 Å². The number of hydrogen-bond donors (Lipinski definition) is 1. The molecule has 20 heavy (non-hydrogen) atoms. The molecule has 0 saturated heterocycles. The minimum absolute atomic E-state index is 0.297. The van der Waals surface area contributed by atoms with Crippen LogP contribution in [0.3, 0.4) is 0 Å². The second-order valence-electron chi connectivity index (χ2n) is 4.15. The van der Waals surface area contributed by atoms with Crippen LogP contribution in [0.1, 0.15) is 6.92 Å². The Kier molecular flexibility index (Phi) is 4.34. The SMILES string of the molecule is CCNc1ncnc(N(C)c2cccc(F)c2)c1OC. The van der Waals surface area contributed by atoms with Crippen molar-refractivity contribution in [2.24, 2.45) is 0 Å². The summed E-state index contributed by atoms with van der Waals surface area (Å²) in [5.41, 5.74) is 0.685. The van der Waals surface area contributed by atoms with Crippen molar-refractivity contribution in [1.29, 1.82) is 0 Å². The minimum atomic E-state index is -0.297. The predicted octanol–water partition coefficient (Wildman–Crippen LogP) is 2.82. The van der Waals surface area contributed by atoms with E-state index in [1.165, 1.54) is 18.5 Å². The number of rotatable bonds is 5. The number of hydrogen-bond acceptors (Lipinski definition) is 5. The highest BCUT2D eigenvalue weighted by atomic mass is 19.1. The predicted molar refractivity (Wildman–Crippen MR) is 77.2 cm³/mol. The Bertz CT molecular complexity index is 591. The molecule has 1 N–H and O–H groups in total. The summed E-state index contributed by atoms with van der Waals surface area (Å²) in [5.74, 6) is 1.42. The summed E-state index contributed by atoms with van der Waals surface area (Å²) in [5, 5.41) is 3.11. The van der Waals surface area contributed by atoms with Crippen LogP contribution in [0, 0.1) is 5.82 Å². The maximum atomic E-state index is 13.3. The van der Waals surface area contributed by atoms with Crippen LogP contribution in [0.4, 0.5) is 21.7 Å². The molecule has 0 spiro atoms. The number of anilines is 3. The smallest absolute Gasteiger partial charge is 0.204 e. The van der Waals surface area contributed by atoms with Crippen molar-refractivity contribution in [3.63, 3.8) is 0 Å². The van der Waals surface area contributed by atoms with Crippen molar-refractivity contribution < 1.29 is 9.13 Å². The van der Waals surface area contributed by atoms with E-state index in [9.17, 15) is 4.39 Å². The van der Waals surface area contributed by atoms with E-state index in [0.717, 1.165) is 6.54 Å². The van der Waals surface area contributed by atoms with Crippen molar-refractivity contribution in [1.82, 2.24) is 9.97 Å². The Morgan fingerprint density at radius 1 is 1.35 bits per heavy atom. The summed E-state index contributed by atoms with van der Waals surface area (Å²) >= 11 is 0. The van der Waals surface area contributed by atoms with Gasteiger partial charge in [-0.15, -0.1) is 0 Å². The first-order chi connectivity index (χ1) is 9.67. The van der Waals surface area contributed by atoms with Gasteiger partial charge < -0.3 is 15.0 Å². The minimum Gasteiger partial charge on any atom is -0.490 e. The zero-order chi connectivity index (χ0) is 14.5. The van der Waals surface area contributed by atoms with Gasteiger partial charge in [-0.3, -0.25) is 0 Å². The van der Waals surface area contributed by atoms with E-state index in [4.69, 9.17) is 4.74 Å². The van der Waals surface area contributed by atoms with E-state index in [1.807, 2.05) is 6.92 Å². The first-order valence-electron chi connectivity index (χ1n) is 6.29. The monoisotopic (exact) mass is 276 g/mol. The molecule has 0 atom stereocenters. The molecule has 1 heterocycles. The van der Waals surface area contributed by atoms with Crippen molar-refractivity contribution >= 4 is 17.3 Å². The molecule has 0 fully saturated rings. The van der Waals surface area contributed by atoms with Crippen molar-refractivity contribution in [2.45, 2.75) is 6.92 Å². The third-order valence-corrected chi connectivity index (χ3v) is 2.85. The number of aromatic nitrogens is 2. The zero-order valence-corrected chi connectivity index (χ0v) is 11.7. The van der Waals surface area contributed by atoms with Gasteiger partial charge in [-0.05, 0) is 25.1 Å². The Balaban J connectivity index is 2.43. The van der Waals surface area contributed by atoms with Gasteiger partial charge in [0.2, 0.25) is 5.75 Å². The summed E-state index contributed by atoms with van der Waals surface area (Å²) in [6.07, 6.45) is 1.45. The van der Waals surface area contributed by atoms with Gasteiger partial charge in [0, 0.05) is 19.3 Å². The Morgan fingerprint density at radius 2 is 2.15 bits per heavy atom. The molecule has 1 aromatic heterocycles. The average molecular weight is 276 g/mol. The summed E-state index contributed by atoms with van der Waals surface area (Å²) in [6, 6.07) is 6.30. The molecule has 2 aromatic rings. The number of ether oxygens (including phenoxy) is 1. The highest BCUT2D eigenvalue weighted by Crippen LogP contribution is 2.34. The number of benzene rings is 1. The summed E-state index contributed by atoms with van der Waals surface area (Å²) in [4.78, 5) is 10.1. The Hall–Kier alpha value is -2.37. The van der Waals surface area contributed by atoms with E-state index in [0.29, 0.717) is 23.1 Å². The normalized spacial score (nSPS) is 10.2. The molecule has 106 valence electrons. The van der Waals surface area contributed by atoms with Gasteiger partial charge in [-0.25, -0.2) is 14.4 Å². The lowest BCUT2D eigenvalue weighted by Gasteiger charge is -2.21. The lowest BCUT2D eigenvalue weighted by atomic mass is 10.3. The Morgan fingerprint density at radius 3 is 2.80 bits per heavy atom. The van der Waals surface area contributed by atoms with Crippen molar-refractivity contribution in [2.75, 3.05) is 30.9 Å². The van der Waals surface area contributed by atoms with Crippen LogP contribution in [-0.2, 0) is 0 Å². The maximum Gasteiger partial charge on any atom is 0.204 e. The quantitative estimate of drug-likeness (QED) is 0.910. The fraction of sp³-hybridized carbons (Fsp3) is 0.286. The molecule has 0 aliphatic carbocycles. The standard InChI is InChI=1S/C14H17FN4O/c1-4-16-13-12(20-3)14(18-9-17-13)19(2)11-7-5-6-10(15)8-11/h5-9H,4H2,1-3H3,(H,16,17,18). The van der Waals surface area contributed by atoms with E-state index in [1.54, 1.807) is 31.2 Å². The molecule has 0 amide bonds. The third-order valence-electron chi connectivity index (χ3n) is 2.85. The topological polar surface area (TPSA) is 50.3 Å². The number of nitrogens with one attached hydrogen (secondary N) is 1. The first-order valence-corrected chi connectivity index (χ1v) is 6.29. The molecule has 0 bridgehead atoms. The van der Waals surface area contributed by atoms with Crippen LogP contribution in [-0.4, -0.2) is 30.7 Å².